The van der Waals surface area contributed by atoms with Crippen LogP contribution in [0.3, 0.4) is 0 Å². The van der Waals surface area contributed by atoms with E-state index in [0.29, 0.717) is 30.4 Å². The summed E-state index contributed by atoms with van der Waals surface area (Å²) in [4.78, 5) is 26.8. The highest BCUT2D eigenvalue weighted by molar-refractivity contribution is 14.1. The third-order valence-electron chi connectivity index (χ3n) is 4.02. The third-order valence-corrected chi connectivity index (χ3v) is 5.55. The zero-order valence-electron chi connectivity index (χ0n) is 14.4. The van der Waals surface area contributed by atoms with Gasteiger partial charge in [0.15, 0.2) is 0 Å². The Balaban J connectivity index is 1.83. The van der Waals surface area contributed by atoms with E-state index in [2.05, 4.69) is 32.8 Å². The monoisotopic (exact) mass is 493 g/mol. The topological polar surface area (TPSA) is 82.1 Å². The molecule has 0 aromatic heterocycles. The third kappa shape index (κ3) is 6.03. The molecule has 0 aliphatic carbocycles. The van der Waals surface area contributed by atoms with Gasteiger partial charge in [-0.3, -0.25) is 9.69 Å². The van der Waals surface area contributed by atoms with Crippen LogP contribution in [0.5, 0.6) is 5.75 Å². The van der Waals surface area contributed by atoms with E-state index in [0.717, 1.165) is 28.4 Å². The van der Waals surface area contributed by atoms with E-state index in [1.165, 1.54) is 0 Å². The van der Waals surface area contributed by atoms with Crippen LogP contribution >= 0.6 is 34.2 Å². The number of piperazine rings is 1. The van der Waals surface area contributed by atoms with E-state index in [4.69, 9.17) is 21.4 Å². The van der Waals surface area contributed by atoms with Gasteiger partial charge in [0, 0.05) is 48.4 Å². The molecule has 1 heterocycles. The van der Waals surface area contributed by atoms with Gasteiger partial charge in [0.05, 0.1) is 24.4 Å². The molecule has 9 heteroatoms. The Morgan fingerprint density at radius 1 is 1.35 bits per heavy atom. The Hall–Kier alpha value is -1.52. The molecule has 0 atom stereocenters. The molecule has 0 saturated carbocycles. The molecule has 7 nitrogen and oxygen atoms in total. The minimum absolute atomic E-state index is 0.0118. The summed E-state index contributed by atoms with van der Waals surface area (Å²) in [6.45, 7) is 3.43. The van der Waals surface area contributed by atoms with Gasteiger partial charge >= 0.3 is 5.97 Å². The van der Waals surface area contributed by atoms with Crippen LogP contribution < -0.4 is 10.1 Å². The van der Waals surface area contributed by atoms with Crippen molar-refractivity contribution in [1.82, 2.24) is 9.80 Å². The van der Waals surface area contributed by atoms with Crippen molar-refractivity contribution < 1.29 is 19.4 Å². The number of nitrogens with zero attached hydrogens (tertiary/aromatic N) is 2. The van der Waals surface area contributed by atoms with Crippen molar-refractivity contribution in [2.45, 2.75) is 0 Å². The molecule has 26 heavy (non-hydrogen) atoms. The molecular formula is C17H21ClIN3O4. The number of halogens is 2. The first-order chi connectivity index (χ1) is 12.4. The van der Waals surface area contributed by atoms with Gasteiger partial charge < -0.3 is 20.1 Å². The summed E-state index contributed by atoms with van der Waals surface area (Å²) in [6, 6.07) is 3.57. The lowest BCUT2D eigenvalue weighted by Crippen LogP contribution is -2.50. The van der Waals surface area contributed by atoms with Crippen LogP contribution in [-0.4, -0.2) is 73.2 Å². The minimum atomic E-state index is -0.947. The molecule has 1 amide bonds. The number of carboxylic acids is 1. The lowest BCUT2D eigenvalue weighted by atomic mass is 10.2. The van der Waals surface area contributed by atoms with Crippen molar-refractivity contribution in [2.75, 3.05) is 51.7 Å². The fraction of sp³-hybridized carbons (Fsp3) is 0.412. The van der Waals surface area contributed by atoms with E-state index in [-0.39, 0.29) is 12.5 Å². The maximum atomic E-state index is 12.4. The smallest absolute Gasteiger partial charge is 0.328 e. The van der Waals surface area contributed by atoms with Crippen molar-refractivity contribution in [2.24, 2.45) is 0 Å². The number of amides is 1. The van der Waals surface area contributed by atoms with E-state index >= 15 is 0 Å². The van der Waals surface area contributed by atoms with E-state index in [9.17, 15) is 9.59 Å². The second kappa shape index (κ2) is 9.98. The van der Waals surface area contributed by atoms with Gasteiger partial charge in [-0.25, -0.2) is 4.79 Å². The number of carbonyl (C=O) groups excluding carboxylic acids is 1. The zero-order valence-corrected chi connectivity index (χ0v) is 17.3. The van der Waals surface area contributed by atoms with Crippen LogP contribution in [0.25, 0.3) is 0 Å². The van der Waals surface area contributed by atoms with Crippen molar-refractivity contribution in [3.8, 4) is 5.75 Å². The van der Waals surface area contributed by atoms with Crippen molar-refractivity contribution in [3.63, 3.8) is 0 Å². The van der Waals surface area contributed by atoms with Gasteiger partial charge in [0.1, 0.15) is 5.75 Å². The number of hydrogen-bond donors (Lipinski definition) is 2. The SMILES string of the molecule is COc1cc(Cl)c(I)cc1NCC(=O)N1CCN(CC=CC(=O)O)CC1. The number of aliphatic carboxylic acids is 1. The number of anilines is 1. The summed E-state index contributed by atoms with van der Waals surface area (Å²) in [6.07, 6.45) is 2.76. The number of rotatable bonds is 7. The van der Waals surface area contributed by atoms with Crippen LogP contribution in [0.4, 0.5) is 5.69 Å². The molecule has 1 aliphatic heterocycles. The van der Waals surface area contributed by atoms with Gasteiger partial charge in [0.25, 0.3) is 0 Å². The first-order valence-electron chi connectivity index (χ1n) is 8.07. The molecule has 1 aromatic carbocycles. The normalized spacial score (nSPS) is 15.3. The highest BCUT2D eigenvalue weighted by atomic mass is 127. The minimum Gasteiger partial charge on any atom is -0.495 e. The average molecular weight is 494 g/mol. The number of ether oxygens (including phenoxy) is 1. The summed E-state index contributed by atoms with van der Waals surface area (Å²) >= 11 is 8.21. The summed E-state index contributed by atoms with van der Waals surface area (Å²) in [5.41, 5.74) is 0.729. The summed E-state index contributed by atoms with van der Waals surface area (Å²) in [7, 11) is 1.56. The average Bonchev–Trinajstić information content (AvgIpc) is 2.62. The Kier molecular flexibility index (Phi) is 7.98. The lowest BCUT2D eigenvalue weighted by molar-refractivity contribution is -0.131. The molecule has 0 bridgehead atoms. The number of carbonyl (C=O) groups is 2. The van der Waals surface area contributed by atoms with Crippen molar-refractivity contribution >= 4 is 51.8 Å². The van der Waals surface area contributed by atoms with Crippen molar-refractivity contribution in [3.05, 3.63) is 32.9 Å². The molecule has 0 unspecified atom stereocenters. The van der Waals surface area contributed by atoms with Crippen LogP contribution in [0.1, 0.15) is 0 Å². The Bertz CT molecular complexity index is 691. The van der Waals surface area contributed by atoms with E-state index in [1.807, 2.05) is 6.07 Å². The van der Waals surface area contributed by atoms with Crippen LogP contribution in [0, 0.1) is 3.57 Å². The standard InChI is InChI=1S/C17H21ClIN3O4/c1-26-15-9-12(18)13(19)10-14(15)20-11-16(23)22-7-5-21(6-8-22)4-2-3-17(24)25/h2-3,9-10,20H,4-8,11H2,1H3,(H,24,25). The molecule has 1 aromatic rings. The second-order valence-electron chi connectivity index (χ2n) is 5.74. The largest absolute Gasteiger partial charge is 0.495 e. The van der Waals surface area contributed by atoms with Crippen LogP contribution in [-0.2, 0) is 9.59 Å². The van der Waals surface area contributed by atoms with Crippen molar-refractivity contribution in [1.29, 1.82) is 0 Å². The first kappa shape index (κ1) is 20.8. The maximum absolute atomic E-state index is 12.4. The molecule has 2 N–H and O–H groups in total. The predicted molar refractivity (Wildman–Crippen MR) is 109 cm³/mol. The summed E-state index contributed by atoms with van der Waals surface area (Å²) < 4.78 is 6.18. The molecule has 2 rings (SSSR count). The fourth-order valence-corrected chi connectivity index (χ4v) is 3.22. The van der Waals surface area contributed by atoms with E-state index < -0.39 is 5.97 Å². The molecule has 0 radical (unpaired) electrons. The van der Waals surface area contributed by atoms with Gasteiger partial charge in [-0.2, -0.15) is 0 Å². The molecule has 142 valence electrons. The Morgan fingerprint density at radius 3 is 2.65 bits per heavy atom. The highest BCUT2D eigenvalue weighted by Crippen LogP contribution is 2.32. The predicted octanol–water partition coefficient (Wildman–Crippen LogP) is 2.15. The lowest BCUT2D eigenvalue weighted by Gasteiger charge is -2.34. The van der Waals surface area contributed by atoms with Crippen LogP contribution in [0.2, 0.25) is 5.02 Å². The molecule has 1 saturated heterocycles. The quantitative estimate of drug-likeness (QED) is 0.448. The van der Waals surface area contributed by atoms with Gasteiger partial charge in [-0.15, -0.1) is 0 Å². The van der Waals surface area contributed by atoms with E-state index in [1.54, 1.807) is 24.2 Å². The Morgan fingerprint density at radius 2 is 2.04 bits per heavy atom. The maximum Gasteiger partial charge on any atom is 0.328 e. The second-order valence-corrected chi connectivity index (χ2v) is 7.31. The van der Waals surface area contributed by atoms with Gasteiger partial charge in [-0.1, -0.05) is 17.7 Å². The van der Waals surface area contributed by atoms with Crippen LogP contribution in [0.15, 0.2) is 24.3 Å². The number of hydrogen-bond acceptors (Lipinski definition) is 5. The number of nitrogens with one attached hydrogen (secondary N) is 1. The number of carboxylic acid groups (broad SMARTS) is 1. The zero-order chi connectivity index (χ0) is 19.1. The molecule has 1 fully saturated rings. The highest BCUT2D eigenvalue weighted by Gasteiger charge is 2.20. The van der Waals surface area contributed by atoms with Gasteiger partial charge in [-0.05, 0) is 28.7 Å². The molecule has 0 spiro atoms. The summed E-state index contributed by atoms with van der Waals surface area (Å²) in [5.74, 6) is -0.340. The van der Waals surface area contributed by atoms with Gasteiger partial charge in [0.2, 0.25) is 5.91 Å². The number of benzene rings is 1. The molecular weight excluding hydrogens is 473 g/mol. The summed E-state index contributed by atoms with van der Waals surface area (Å²) in [5, 5.41) is 12.3. The first-order valence-corrected chi connectivity index (χ1v) is 9.53. The fourth-order valence-electron chi connectivity index (χ4n) is 2.60. The molecule has 1 aliphatic rings. The number of methoxy groups -OCH3 is 1. The Labute approximate surface area is 171 Å².